The molecule has 1 aliphatic rings. The number of amides is 1. The zero-order chi connectivity index (χ0) is 24.0. The molecule has 2 aromatic carbocycles. The highest BCUT2D eigenvalue weighted by Gasteiger charge is 2.34. The van der Waals surface area contributed by atoms with Crippen LogP contribution in [0.15, 0.2) is 30.3 Å². The van der Waals surface area contributed by atoms with E-state index in [-0.39, 0.29) is 22.8 Å². The van der Waals surface area contributed by atoms with Gasteiger partial charge in [0, 0.05) is 38.8 Å². The summed E-state index contributed by atoms with van der Waals surface area (Å²) in [5.41, 5.74) is 0.633. The van der Waals surface area contributed by atoms with Crippen LogP contribution in [0.1, 0.15) is 22.3 Å². The summed E-state index contributed by atoms with van der Waals surface area (Å²) in [5, 5.41) is 11.9. The first-order valence-electron chi connectivity index (χ1n) is 10.5. The van der Waals surface area contributed by atoms with E-state index in [1.807, 2.05) is 24.3 Å². The van der Waals surface area contributed by atoms with Crippen LogP contribution in [-0.2, 0) is 6.54 Å². The number of nitro benzene ring substituents is 1. The molecule has 0 saturated carbocycles. The van der Waals surface area contributed by atoms with Crippen molar-refractivity contribution >= 4 is 11.6 Å². The fourth-order valence-electron chi connectivity index (χ4n) is 3.98. The molecule has 1 heterocycles. The molecule has 0 aromatic heterocycles. The Balaban J connectivity index is 1.81. The summed E-state index contributed by atoms with van der Waals surface area (Å²) in [4.78, 5) is 28.5. The average Bonchev–Trinajstić information content (AvgIpc) is 3.07. The van der Waals surface area contributed by atoms with Gasteiger partial charge in [0.05, 0.1) is 33.4 Å². The van der Waals surface area contributed by atoms with Gasteiger partial charge in [-0.15, -0.1) is 0 Å². The van der Waals surface area contributed by atoms with Gasteiger partial charge in [0.1, 0.15) is 11.3 Å². The Morgan fingerprint density at radius 3 is 2.21 bits per heavy atom. The van der Waals surface area contributed by atoms with Crippen molar-refractivity contribution in [2.45, 2.75) is 13.0 Å². The maximum absolute atomic E-state index is 13.4. The Hall–Kier alpha value is -3.53. The molecular weight excluding hydrogens is 430 g/mol. The lowest BCUT2D eigenvalue weighted by Gasteiger charge is -2.23. The summed E-state index contributed by atoms with van der Waals surface area (Å²) >= 11 is 0. The van der Waals surface area contributed by atoms with Gasteiger partial charge in [0.15, 0.2) is 5.75 Å². The van der Waals surface area contributed by atoms with Gasteiger partial charge in [-0.3, -0.25) is 19.8 Å². The van der Waals surface area contributed by atoms with Crippen LogP contribution in [0.4, 0.5) is 5.69 Å². The van der Waals surface area contributed by atoms with Crippen molar-refractivity contribution in [2.24, 2.45) is 0 Å². The first-order valence-corrected chi connectivity index (χ1v) is 10.5. The lowest BCUT2D eigenvalue weighted by atomic mass is 10.1. The predicted octanol–water partition coefficient (Wildman–Crippen LogP) is 2.98. The molecule has 1 amide bonds. The molecule has 1 fully saturated rings. The van der Waals surface area contributed by atoms with Crippen LogP contribution in [-0.4, -0.2) is 75.2 Å². The molecule has 1 aliphatic heterocycles. The van der Waals surface area contributed by atoms with Crippen LogP contribution in [0.25, 0.3) is 0 Å². The summed E-state index contributed by atoms with van der Waals surface area (Å²) in [7, 11) is 5.69. The summed E-state index contributed by atoms with van der Waals surface area (Å²) in [6, 6.07) is 9.23. The molecule has 0 radical (unpaired) electrons. The summed E-state index contributed by atoms with van der Waals surface area (Å²) in [6.07, 6.45) is 0.750. The molecule has 1 saturated heterocycles. The van der Waals surface area contributed by atoms with Crippen molar-refractivity contribution in [1.82, 2.24) is 9.80 Å². The Bertz CT molecular complexity index is 995. The number of nitro groups is 1. The Morgan fingerprint density at radius 1 is 0.939 bits per heavy atom. The fourth-order valence-corrected chi connectivity index (χ4v) is 3.98. The molecule has 10 heteroatoms. The third-order valence-corrected chi connectivity index (χ3v) is 5.66. The molecule has 178 valence electrons. The van der Waals surface area contributed by atoms with Crippen molar-refractivity contribution in [2.75, 3.05) is 54.6 Å². The minimum absolute atomic E-state index is 0.0739. The minimum atomic E-state index is -0.623. The molecule has 33 heavy (non-hydrogen) atoms. The smallest absolute Gasteiger partial charge is 0.327 e. The van der Waals surface area contributed by atoms with E-state index in [2.05, 4.69) is 4.90 Å². The molecule has 0 bridgehead atoms. The summed E-state index contributed by atoms with van der Waals surface area (Å²) in [5.74, 6) is 0.496. The van der Waals surface area contributed by atoms with E-state index in [0.29, 0.717) is 19.6 Å². The van der Waals surface area contributed by atoms with Crippen molar-refractivity contribution in [3.8, 4) is 23.0 Å². The maximum atomic E-state index is 13.4. The van der Waals surface area contributed by atoms with E-state index in [9.17, 15) is 14.9 Å². The lowest BCUT2D eigenvalue weighted by Crippen LogP contribution is -2.35. The highest BCUT2D eigenvalue weighted by Crippen LogP contribution is 2.46. The lowest BCUT2D eigenvalue weighted by molar-refractivity contribution is -0.386. The number of nitrogens with zero attached hydrogens (tertiary/aromatic N) is 3. The van der Waals surface area contributed by atoms with E-state index in [1.54, 1.807) is 12.0 Å². The number of ether oxygens (including phenoxy) is 4. The molecular formula is C23H29N3O7. The molecule has 2 aromatic rings. The maximum Gasteiger partial charge on any atom is 0.327 e. The molecule has 0 aliphatic carbocycles. The zero-order valence-electron chi connectivity index (χ0n) is 19.3. The Morgan fingerprint density at radius 2 is 1.64 bits per heavy atom. The molecule has 0 unspecified atom stereocenters. The summed E-state index contributed by atoms with van der Waals surface area (Å²) in [6.45, 7) is 3.15. The number of carbonyl (C=O) groups is 1. The van der Waals surface area contributed by atoms with Crippen LogP contribution < -0.4 is 18.9 Å². The number of hydrogen-bond donors (Lipinski definition) is 0. The topological polar surface area (TPSA) is 104 Å². The van der Waals surface area contributed by atoms with Gasteiger partial charge in [-0.25, -0.2) is 0 Å². The fraction of sp³-hybridized carbons (Fsp3) is 0.435. The zero-order valence-corrected chi connectivity index (χ0v) is 19.3. The first-order chi connectivity index (χ1) is 15.9. The third kappa shape index (κ3) is 5.28. The van der Waals surface area contributed by atoms with E-state index in [0.717, 1.165) is 30.8 Å². The van der Waals surface area contributed by atoms with Crippen molar-refractivity contribution in [3.63, 3.8) is 0 Å². The van der Waals surface area contributed by atoms with Gasteiger partial charge in [-0.05, 0) is 24.1 Å². The van der Waals surface area contributed by atoms with Crippen molar-refractivity contribution in [3.05, 3.63) is 51.6 Å². The van der Waals surface area contributed by atoms with Crippen LogP contribution >= 0.6 is 0 Å². The quantitative estimate of drug-likeness (QED) is 0.438. The van der Waals surface area contributed by atoms with Crippen molar-refractivity contribution in [1.29, 1.82) is 0 Å². The molecule has 3 rings (SSSR count). The standard InChI is InChI=1S/C23H29N3O7/c1-30-17-8-6-16(7-9-17)15-24-10-5-11-25(13-12-24)23(27)18-14-19(31-2)21(32-3)22(33-4)20(18)26(28)29/h6-9,14H,5,10-13,15H2,1-4H3. The van der Waals surface area contributed by atoms with E-state index in [4.69, 9.17) is 18.9 Å². The van der Waals surface area contributed by atoms with Gasteiger partial charge in [0.2, 0.25) is 11.5 Å². The average molecular weight is 459 g/mol. The second-order valence-electron chi connectivity index (χ2n) is 7.57. The molecule has 0 spiro atoms. The SMILES string of the molecule is COc1ccc(CN2CCCN(C(=O)c3cc(OC)c(OC)c(OC)c3[N+](=O)[O-])CC2)cc1. The first kappa shape index (κ1) is 24.1. The van der Waals surface area contributed by atoms with Crippen LogP contribution in [0.3, 0.4) is 0 Å². The largest absolute Gasteiger partial charge is 0.497 e. The predicted molar refractivity (Wildman–Crippen MR) is 122 cm³/mol. The number of rotatable bonds is 8. The van der Waals surface area contributed by atoms with Crippen LogP contribution in [0.2, 0.25) is 0 Å². The second-order valence-corrected chi connectivity index (χ2v) is 7.57. The van der Waals surface area contributed by atoms with Gasteiger partial charge < -0.3 is 23.8 Å². The van der Waals surface area contributed by atoms with Crippen LogP contribution in [0, 0.1) is 10.1 Å². The molecule has 0 N–H and O–H groups in total. The van der Waals surface area contributed by atoms with Gasteiger partial charge >= 0.3 is 5.69 Å². The second kappa shape index (κ2) is 10.9. The number of benzene rings is 2. The highest BCUT2D eigenvalue weighted by molar-refractivity contribution is 6.00. The minimum Gasteiger partial charge on any atom is -0.497 e. The van der Waals surface area contributed by atoms with Gasteiger partial charge in [-0.2, -0.15) is 0 Å². The monoisotopic (exact) mass is 459 g/mol. The van der Waals surface area contributed by atoms with E-state index >= 15 is 0 Å². The highest BCUT2D eigenvalue weighted by atomic mass is 16.6. The van der Waals surface area contributed by atoms with Crippen LogP contribution in [0.5, 0.6) is 23.0 Å². The normalized spacial score (nSPS) is 14.4. The summed E-state index contributed by atoms with van der Waals surface area (Å²) < 4.78 is 21.0. The van der Waals surface area contributed by atoms with E-state index in [1.165, 1.54) is 27.4 Å². The van der Waals surface area contributed by atoms with Crippen molar-refractivity contribution < 1.29 is 28.7 Å². The number of methoxy groups -OCH3 is 4. The Kier molecular flexibility index (Phi) is 7.94. The number of carbonyl (C=O) groups excluding carboxylic acids is 1. The van der Waals surface area contributed by atoms with Gasteiger partial charge in [0.25, 0.3) is 5.91 Å². The van der Waals surface area contributed by atoms with E-state index < -0.39 is 16.5 Å². The number of hydrogen-bond acceptors (Lipinski definition) is 8. The van der Waals surface area contributed by atoms with Gasteiger partial charge in [-0.1, -0.05) is 12.1 Å². The Labute approximate surface area is 192 Å². The third-order valence-electron chi connectivity index (χ3n) is 5.66. The molecule has 10 nitrogen and oxygen atoms in total. The molecule has 0 atom stereocenters.